The van der Waals surface area contributed by atoms with E-state index in [0.717, 1.165) is 35.0 Å². The summed E-state index contributed by atoms with van der Waals surface area (Å²) in [6, 6.07) is 9.01. The molecule has 4 rings (SSSR count). The topological polar surface area (TPSA) is 38.9 Å². The summed E-state index contributed by atoms with van der Waals surface area (Å²) in [5.74, 6) is 4.69. The Kier molecular flexibility index (Phi) is 8.21. The van der Waals surface area contributed by atoms with Gasteiger partial charge in [-0.25, -0.2) is 0 Å². The van der Waals surface area contributed by atoms with Crippen LogP contribution in [0.1, 0.15) is 127 Å². The zero-order chi connectivity index (χ0) is 21.5. The van der Waals surface area contributed by atoms with Crippen LogP contribution >= 0.6 is 0 Å². The highest BCUT2D eigenvalue weighted by Crippen LogP contribution is 2.39. The first kappa shape index (κ1) is 22.6. The lowest BCUT2D eigenvalue weighted by atomic mass is 9.77. The van der Waals surface area contributed by atoms with E-state index in [1.165, 1.54) is 95.5 Å². The number of aromatic nitrogens is 2. The smallest absolute Gasteiger partial charge is 0.230 e. The van der Waals surface area contributed by atoms with Crippen molar-refractivity contribution < 1.29 is 4.52 Å². The fourth-order valence-electron chi connectivity index (χ4n) is 6.00. The third-order valence-electron chi connectivity index (χ3n) is 8.04. The van der Waals surface area contributed by atoms with Crippen molar-refractivity contribution in [2.75, 3.05) is 0 Å². The minimum absolute atomic E-state index is 0.459. The van der Waals surface area contributed by atoms with Crippen LogP contribution < -0.4 is 0 Å². The Hall–Kier alpha value is -1.64. The van der Waals surface area contributed by atoms with Gasteiger partial charge in [-0.3, -0.25) is 0 Å². The van der Waals surface area contributed by atoms with Gasteiger partial charge in [0.1, 0.15) is 0 Å². The molecule has 170 valence electrons. The number of nitrogens with zero attached hydrogens (tertiary/aromatic N) is 2. The van der Waals surface area contributed by atoms with Crippen molar-refractivity contribution >= 4 is 0 Å². The minimum Gasteiger partial charge on any atom is -0.339 e. The number of benzene rings is 1. The fraction of sp³-hybridized carbons (Fsp3) is 0.714. The van der Waals surface area contributed by atoms with E-state index in [2.05, 4.69) is 43.3 Å². The molecule has 0 spiro atoms. The highest BCUT2D eigenvalue weighted by molar-refractivity contribution is 5.55. The molecular formula is C28H42N2O. The SMILES string of the molecule is CCCCCC1CCC(c2nc(-c3ccc(C4CCC(CCC)CC4)cc3)no2)CC1. The van der Waals surface area contributed by atoms with Gasteiger partial charge in [0, 0.05) is 11.5 Å². The number of unbranched alkanes of at least 4 members (excludes halogenated alkanes) is 2. The maximum absolute atomic E-state index is 5.71. The van der Waals surface area contributed by atoms with Crippen molar-refractivity contribution in [1.29, 1.82) is 0 Å². The molecule has 1 heterocycles. The van der Waals surface area contributed by atoms with E-state index < -0.39 is 0 Å². The summed E-state index contributed by atoms with van der Waals surface area (Å²) in [4.78, 5) is 4.80. The summed E-state index contributed by atoms with van der Waals surface area (Å²) in [5.41, 5.74) is 2.58. The largest absolute Gasteiger partial charge is 0.339 e. The van der Waals surface area contributed by atoms with E-state index in [0.29, 0.717) is 5.92 Å². The zero-order valence-electron chi connectivity index (χ0n) is 19.8. The molecule has 1 aromatic carbocycles. The summed E-state index contributed by atoms with van der Waals surface area (Å²) in [7, 11) is 0. The molecule has 2 saturated carbocycles. The maximum atomic E-state index is 5.71. The highest BCUT2D eigenvalue weighted by Gasteiger charge is 2.27. The first-order valence-electron chi connectivity index (χ1n) is 13.2. The minimum atomic E-state index is 0.459. The van der Waals surface area contributed by atoms with Crippen molar-refractivity contribution in [3.8, 4) is 11.4 Å². The van der Waals surface area contributed by atoms with Crippen LogP contribution in [-0.2, 0) is 0 Å². The lowest BCUT2D eigenvalue weighted by molar-refractivity contribution is 0.259. The van der Waals surface area contributed by atoms with Crippen LogP contribution in [0.2, 0.25) is 0 Å². The molecule has 1 aromatic heterocycles. The summed E-state index contributed by atoms with van der Waals surface area (Å²) < 4.78 is 5.71. The van der Waals surface area contributed by atoms with Crippen LogP contribution in [0.5, 0.6) is 0 Å². The Labute approximate surface area is 189 Å². The van der Waals surface area contributed by atoms with Crippen molar-refractivity contribution in [2.24, 2.45) is 11.8 Å². The van der Waals surface area contributed by atoms with Crippen LogP contribution in [0.3, 0.4) is 0 Å². The van der Waals surface area contributed by atoms with Crippen molar-refractivity contribution in [2.45, 2.75) is 116 Å². The Morgan fingerprint density at radius 1 is 0.742 bits per heavy atom. The molecule has 0 N–H and O–H groups in total. The summed E-state index contributed by atoms with van der Waals surface area (Å²) >= 11 is 0. The summed E-state index contributed by atoms with van der Waals surface area (Å²) in [6.07, 6.45) is 18.8. The van der Waals surface area contributed by atoms with Crippen LogP contribution in [-0.4, -0.2) is 10.1 Å². The zero-order valence-corrected chi connectivity index (χ0v) is 19.8. The fourth-order valence-corrected chi connectivity index (χ4v) is 6.00. The number of hydrogen-bond acceptors (Lipinski definition) is 3. The summed E-state index contributed by atoms with van der Waals surface area (Å²) in [6.45, 7) is 4.60. The van der Waals surface area contributed by atoms with E-state index >= 15 is 0 Å². The lowest BCUT2D eigenvalue weighted by Crippen LogP contribution is -2.13. The molecule has 31 heavy (non-hydrogen) atoms. The molecule has 0 bridgehead atoms. The predicted molar refractivity (Wildman–Crippen MR) is 128 cm³/mol. The van der Waals surface area contributed by atoms with Crippen molar-refractivity contribution in [1.82, 2.24) is 10.1 Å². The molecule has 0 unspecified atom stereocenters. The van der Waals surface area contributed by atoms with Crippen molar-refractivity contribution in [3.63, 3.8) is 0 Å². The molecule has 2 aromatic rings. The van der Waals surface area contributed by atoms with E-state index in [1.807, 2.05) is 0 Å². The van der Waals surface area contributed by atoms with Gasteiger partial charge in [0.2, 0.25) is 11.7 Å². The molecule has 3 nitrogen and oxygen atoms in total. The molecule has 0 radical (unpaired) electrons. The number of rotatable bonds is 9. The van der Waals surface area contributed by atoms with E-state index in [-0.39, 0.29) is 0 Å². The first-order valence-corrected chi connectivity index (χ1v) is 13.2. The summed E-state index contributed by atoms with van der Waals surface area (Å²) in [5, 5.41) is 4.33. The Morgan fingerprint density at radius 3 is 2.03 bits per heavy atom. The van der Waals surface area contributed by atoms with Gasteiger partial charge in [-0.15, -0.1) is 0 Å². The van der Waals surface area contributed by atoms with Gasteiger partial charge < -0.3 is 4.52 Å². The van der Waals surface area contributed by atoms with Gasteiger partial charge in [0.05, 0.1) is 0 Å². The second kappa shape index (κ2) is 11.3. The molecule has 2 aliphatic carbocycles. The molecule has 2 fully saturated rings. The lowest BCUT2D eigenvalue weighted by Gasteiger charge is -2.28. The second-order valence-electron chi connectivity index (χ2n) is 10.3. The Balaban J connectivity index is 1.29. The van der Waals surface area contributed by atoms with Gasteiger partial charge in [0.15, 0.2) is 0 Å². The molecule has 2 aliphatic rings. The first-order chi connectivity index (χ1) is 15.3. The standard InChI is InChI=1S/C28H42N2O/c1-3-5-6-8-22-11-15-26(16-12-22)28-29-27(30-31-28)25-19-17-24(18-20-25)23-13-9-21(7-4-2)10-14-23/h17-23,26H,3-16H2,1-2H3. The normalized spacial score (nSPS) is 26.8. The maximum Gasteiger partial charge on any atom is 0.230 e. The molecule has 0 aliphatic heterocycles. The molecule has 0 saturated heterocycles. The second-order valence-corrected chi connectivity index (χ2v) is 10.3. The van der Waals surface area contributed by atoms with Gasteiger partial charge in [0.25, 0.3) is 0 Å². The molecule has 3 heteroatoms. The van der Waals surface area contributed by atoms with Crippen molar-refractivity contribution in [3.05, 3.63) is 35.7 Å². The van der Waals surface area contributed by atoms with Crippen LogP contribution in [0.25, 0.3) is 11.4 Å². The average Bonchev–Trinajstić information content (AvgIpc) is 3.31. The van der Waals surface area contributed by atoms with Gasteiger partial charge in [-0.2, -0.15) is 4.98 Å². The Bertz CT molecular complexity index is 765. The van der Waals surface area contributed by atoms with E-state index in [4.69, 9.17) is 9.51 Å². The quantitative estimate of drug-likeness (QED) is 0.379. The van der Waals surface area contributed by atoms with Crippen LogP contribution in [0.4, 0.5) is 0 Å². The monoisotopic (exact) mass is 422 g/mol. The van der Waals surface area contributed by atoms with Gasteiger partial charge in [-0.05, 0) is 74.7 Å². The van der Waals surface area contributed by atoms with E-state index in [1.54, 1.807) is 0 Å². The third kappa shape index (κ3) is 5.99. The van der Waals surface area contributed by atoms with Gasteiger partial charge >= 0.3 is 0 Å². The number of hydrogen-bond donors (Lipinski definition) is 0. The Morgan fingerprint density at radius 2 is 1.39 bits per heavy atom. The molecular weight excluding hydrogens is 380 g/mol. The van der Waals surface area contributed by atoms with Crippen LogP contribution in [0.15, 0.2) is 28.8 Å². The molecule has 0 amide bonds. The third-order valence-corrected chi connectivity index (χ3v) is 8.04. The average molecular weight is 423 g/mol. The predicted octanol–water partition coefficient (Wildman–Crippen LogP) is 8.66. The van der Waals surface area contributed by atoms with Crippen LogP contribution in [0, 0.1) is 11.8 Å². The van der Waals surface area contributed by atoms with Gasteiger partial charge in [-0.1, -0.05) is 81.8 Å². The molecule has 0 atom stereocenters. The van der Waals surface area contributed by atoms with E-state index in [9.17, 15) is 0 Å². The highest BCUT2D eigenvalue weighted by atomic mass is 16.5.